The van der Waals surface area contributed by atoms with Gasteiger partial charge in [-0.3, -0.25) is 4.79 Å². The topological polar surface area (TPSA) is 80.2 Å². The standard InChI is InChI=1S/C22H21N3O3S2/c1-23-30(27,28)22-12-11-18(29-22)14-24-21(26)15-25-19-10-6-5-9-17(19)13-20(25)16-7-3-2-4-8-16/h2-13,23H,14-15H2,1H3,(H,24,26). The van der Waals surface area contributed by atoms with Gasteiger partial charge in [0.1, 0.15) is 10.8 Å². The highest BCUT2D eigenvalue weighted by atomic mass is 32.2. The molecule has 0 aliphatic heterocycles. The summed E-state index contributed by atoms with van der Waals surface area (Å²) in [6.07, 6.45) is 0. The third-order valence-electron chi connectivity index (χ3n) is 4.81. The second kappa shape index (κ2) is 8.43. The van der Waals surface area contributed by atoms with E-state index in [0.717, 1.165) is 38.4 Å². The van der Waals surface area contributed by atoms with Gasteiger partial charge >= 0.3 is 0 Å². The molecule has 0 unspecified atom stereocenters. The molecule has 30 heavy (non-hydrogen) atoms. The fourth-order valence-corrected chi connectivity index (χ4v) is 5.45. The number of para-hydroxylation sites is 1. The lowest BCUT2D eigenvalue weighted by Crippen LogP contribution is -2.27. The quantitative estimate of drug-likeness (QED) is 0.462. The first-order valence-corrected chi connectivity index (χ1v) is 11.7. The lowest BCUT2D eigenvalue weighted by molar-refractivity contribution is -0.121. The number of carbonyl (C=O) groups excluding carboxylic acids is 1. The summed E-state index contributed by atoms with van der Waals surface area (Å²) in [6.45, 7) is 0.452. The number of hydrogen-bond donors (Lipinski definition) is 2. The molecule has 1 amide bonds. The highest BCUT2D eigenvalue weighted by molar-refractivity contribution is 7.91. The molecule has 2 aromatic heterocycles. The number of aromatic nitrogens is 1. The van der Waals surface area contributed by atoms with Crippen LogP contribution in [0.4, 0.5) is 0 Å². The van der Waals surface area contributed by atoms with Crippen molar-refractivity contribution in [2.24, 2.45) is 0 Å². The van der Waals surface area contributed by atoms with Crippen LogP contribution in [0.3, 0.4) is 0 Å². The molecule has 154 valence electrons. The van der Waals surface area contributed by atoms with E-state index in [0.29, 0.717) is 0 Å². The zero-order valence-electron chi connectivity index (χ0n) is 16.3. The molecule has 0 aliphatic rings. The Morgan fingerprint density at radius 1 is 1.00 bits per heavy atom. The second-order valence-corrected chi connectivity index (χ2v) is 10.0. The summed E-state index contributed by atoms with van der Waals surface area (Å²) in [5, 5.41) is 3.97. The van der Waals surface area contributed by atoms with Gasteiger partial charge < -0.3 is 9.88 Å². The van der Waals surface area contributed by atoms with Gasteiger partial charge in [-0.05, 0) is 36.9 Å². The summed E-state index contributed by atoms with van der Waals surface area (Å²) >= 11 is 1.14. The average Bonchev–Trinajstić information content (AvgIpc) is 3.39. The smallest absolute Gasteiger partial charge is 0.249 e. The summed E-state index contributed by atoms with van der Waals surface area (Å²) in [4.78, 5) is 13.5. The Kier molecular flexibility index (Phi) is 5.72. The minimum atomic E-state index is -3.47. The summed E-state index contributed by atoms with van der Waals surface area (Å²) in [5.41, 5.74) is 3.01. The molecule has 0 atom stereocenters. The number of sulfonamides is 1. The maximum Gasteiger partial charge on any atom is 0.249 e. The van der Waals surface area contributed by atoms with Gasteiger partial charge in [0.2, 0.25) is 15.9 Å². The fraction of sp³-hybridized carbons (Fsp3) is 0.136. The molecule has 8 heteroatoms. The maximum absolute atomic E-state index is 12.7. The van der Waals surface area contributed by atoms with E-state index < -0.39 is 10.0 Å². The normalized spacial score (nSPS) is 11.6. The van der Waals surface area contributed by atoms with Crippen LogP contribution in [0.1, 0.15) is 4.88 Å². The average molecular weight is 440 g/mol. The third-order valence-corrected chi connectivity index (χ3v) is 7.80. The number of nitrogens with one attached hydrogen (secondary N) is 2. The summed E-state index contributed by atoms with van der Waals surface area (Å²) in [7, 11) is -2.09. The summed E-state index contributed by atoms with van der Waals surface area (Å²) < 4.78 is 28.3. The van der Waals surface area contributed by atoms with Crippen molar-refractivity contribution in [2.75, 3.05) is 7.05 Å². The molecule has 6 nitrogen and oxygen atoms in total. The van der Waals surface area contributed by atoms with Crippen LogP contribution in [0, 0.1) is 0 Å². The van der Waals surface area contributed by atoms with E-state index in [4.69, 9.17) is 0 Å². The maximum atomic E-state index is 12.7. The van der Waals surface area contributed by atoms with E-state index >= 15 is 0 Å². The van der Waals surface area contributed by atoms with Gasteiger partial charge in [0.15, 0.2) is 0 Å². The number of thiophene rings is 1. The Labute approximate surface area is 179 Å². The molecule has 0 spiro atoms. The van der Waals surface area contributed by atoms with Crippen LogP contribution < -0.4 is 10.0 Å². The Morgan fingerprint density at radius 2 is 1.73 bits per heavy atom. The fourth-order valence-electron chi connectivity index (χ4n) is 3.31. The van der Waals surface area contributed by atoms with Crippen molar-refractivity contribution >= 4 is 38.2 Å². The lowest BCUT2D eigenvalue weighted by Gasteiger charge is -2.11. The van der Waals surface area contributed by atoms with E-state index in [1.807, 2.05) is 59.2 Å². The molecule has 2 N–H and O–H groups in total. The highest BCUT2D eigenvalue weighted by Gasteiger charge is 2.16. The predicted molar refractivity (Wildman–Crippen MR) is 120 cm³/mol. The number of fused-ring (bicyclic) bond motifs is 1. The Morgan fingerprint density at radius 3 is 2.50 bits per heavy atom. The molecule has 2 heterocycles. The SMILES string of the molecule is CNS(=O)(=O)c1ccc(CNC(=O)Cn2c(-c3ccccc3)cc3ccccc32)s1. The minimum absolute atomic E-state index is 0.139. The van der Waals surface area contributed by atoms with Gasteiger partial charge in [-0.25, -0.2) is 13.1 Å². The van der Waals surface area contributed by atoms with Crippen LogP contribution in [0.2, 0.25) is 0 Å². The van der Waals surface area contributed by atoms with Crippen molar-refractivity contribution in [3.8, 4) is 11.3 Å². The van der Waals surface area contributed by atoms with Gasteiger partial charge in [-0.15, -0.1) is 11.3 Å². The van der Waals surface area contributed by atoms with Gasteiger partial charge in [-0.2, -0.15) is 0 Å². The Balaban J connectivity index is 1.54. The zero-order valence-corrected chi connectivity index (χ0v) is 18.0. The first kappa shape index (κ1) is 20.3. The van der Waals surface area contributed by atoms with Crippen LogP contribution in [0.15, 0.2) is 77.0 Å². The lowest BCUT2D eigenvalue weighted by atomic mass is 10.1. The van der Waals surface area contributed by atoms with Crippen LogP contribution in [0.5, 0.6) is 0 Å². The molecule has 0 radical (unpaired) electrons. The molecular weight excluding hydrogens is 418 g/mol. The van der Waals surface area contributed by atoms with Crippen molar-refractivity contribution in [2.45, 2.75) is 17.3 Å². The molecule has 4 rings (SSSR count). The van der Waals surface area contributed by atoms with E-state index in [2.05, 4.69) is 16.1 Å². The molecular formula is C22H21N3O3S2. The van der Waals surface area contributed by atoms with E-state index in [1.165, 1.54) is 7.05 Å². The summed E-state index contributed by atoms with van der Waals surface area (Å²) in [6, 6.07) is 23.3. The molecule has 0 fully saturated rings. The monoisotopic (exact) mass is 439 g/mol. The first-order chi connectivity index (χ1) is 14.5. The predicted octanol–water partition coefficient (Wildman–Crippen LogP) is 3.59. The summed E-state index contributed by atoms with van der Waals surface area (Å²) in [5.74, 6) is -0.139. The molecule has 0 saturated heterocycles. The van der Waals surface area contributed by atoms with E-state index in [9.17, 15) is 13.2 Å². The van der Waals surface area contributed by atoms with Gasteiger partial charge in [-0.1, -0.05) is 48.5 Å². The van der Waals surface area contributed by atoms with Gasteiger partial charge in [0.25, 0.3) is 0 Å². The first-order valence-electron chi connectivity index (χ1n) is 9.40. The van der Waals surface area contributed by atoms with Crippen molar-refractivity contribution in [3.05, 3.63) is 77.7 Å². The van der Waals surface area contributed by atoms with Crippen molar-refractivity contribution in [1.29, 1.82) is 0 Å². The van der Waals surface area contributed by atoms with Crippen molar-refractivity contribution in [3.63, 3.8) is 0 Å². The number of rotatable bonds is 7. The number of hydrogen-bond acceptors (Lipinski definition) is 4. The van der Waals surface area contributed by atoms with E-state index in [-0.39, 0.29) is 23.2 Å². The van der Waals surface area contributed by atoms with Gasteiger partial charge in [0, 0.05) is 21.5 Å². The van der Waals surface area contributed by atoms with Crippen LogP contribution in [-0.2, 0) is 27.9 Å². The molecule has 4 aromatic rings. The third kappa shape index (κ3) is 4.16. The van der Waals surface area contributed by atoms with Crippen LogP contribution in [0.25, 0.3) is 22.2 Å². The minimum Gasteiger partial charge on any atom is -0.350 e. The Hall–Kier alpha value is -2.94. The number of benzene rings is 2. The molecule has 2 aromatic carbocycles. The van der Waals surface area contributed by atoms with Crippen LogP contribution >= 0.6 is 11.3 Å². The number of carbonyl (C=O) groups is 1. The number of nitrogens with zero attached hydrogens (tertiary/aromatic N) is 1. The van der Waals surface area contributed by atoms with Crippen LogP contribution in [-0.4, -0.2) is 25.9 Å². The highest BCUT2D eigenvalue weighted by Crippen LogP contribution is 2.28. The molecule has 0 saturated carbocycles. The van der Waals surface area contributed by atoms with E-state index in [1.54, 1.807) is 12.1 Å². The second-order valence-electron chi connectivity index (χ2n) is 6.75. The largest absolute Gasteiger partial charge is 0.350 e. The Bertz CT molecular complexity index is 1290. The van der Waals surface area contributed by atoms with Crippen molar-refractivity contribution in [1.82, 2.24) is 14.6 Å². The molecule has 0 bridgehead atoms. The zero-order chi connectivity index (χ0) is 21.1. The number of amides is 1. The molecule has 0 aliphatic carbocycles. The van der Waals surface area contributed by atoms with Crippen molar-refractivity contribution < 1.29 is 13.2 Å². The van der Waals surface area contributed by atoms with Gasteiger partial charge in [0.05, 0.1) is 6.54 Å².